The van der Waals surface area contributed by atoms with Gasteiger partial charge < -0.3 is 10.4 Å². The molecule has 11 heteroatoms. The van der Waals surface area contributed by atoms with Gasteiger partial charge in [-0.3, -0.25) is 8.86 Å². The topological polar surface area (TPSA) is 120 Å². The number of rotatable bonds is 8. The van der Waals surface area contributed by atoms with Crippen LogP contribution in [0.5, 0.6) is 0 Å². The highest BCUT2D eigenvalue weighted by molar-refractivity contribution is 7.81. The Bertz CT molecular complexity index is 1280. The molecule has 0 spiro atoms. The molecule has 0 aliphatic heterocycles. The van der Waals surface area contributed by atoms with Crippen LogP contribution in [0.15, 0.2) is 30.6 Å². The van der Waals surface area contributed by atoms with Crippen LogP contribution in [0.3, 0.4) is 0 Å². The van der Waals surface area contributed by atoms with E-state index in [-0.39, 0.29) is 13.2 Å². The van der Waals surface area contributed by atoms with E-state index in [1.807, 2.05) is 50.7 Å². The second-order valence-corrected chi connectivity index (χ2v) is 10.3. The molecule has 3 aromatic heterocycles. The molecular weight excluding hydrogens is 430 g/mol. The van der Waals surface area contributed by atoms with Crippen LogP contribution < -0.4 is 5.32 Å². The van der Waals surface area contributed by atoms with Crippen molar-refractivity contribution in [2.24, 2.45) is 7.05 Å². The van der Waals surface area contributed by atoms with E-state index in [9.17, 15) is 4.21 Å². The number of fused-ring (bicyclic) bond motifs is 2. The van der Waals surface area contributed by atoms with Gasteiger partial charge in [-0.1, -0.05) is 0 Å². The maximum absolute atomic E-state index is 12.4. The second kappa shape index (κ2) is 8.93. The molecule has 1 aromatic carbocycles. The molecule has 0 bridgehead atoms. The fraction of sp³-hybridized carbons (Fsp3) is 0.429. The van der Waals surface area contributed by atoms with Crippen LogP contribution in [-0.2, 0) is 28.9 Å². The van der Waals surface area contributed by atoms with Crippen molar-refractivity contribution in [2.75, 3.05) is 18.5 Å². The summed E-state index contributed by atoms with van der Waals surface area (Å²) in [5.41, 5.74) is 3.56. The summed E-state index contributed by atoms with van der Waals surface area (Å²) in [7, 11) is 1.90. The molecule has 0 saturated carbocycles. The Morgan fingerprint density at radius 2 is 2.00 bits per heavy atom. The smallest absolute Gasteiger partial charge is 0.182 e. The molecule has 1 atom stereocenters. The van der Waals surface area contributed by atoms with Crippen molar-refractivity contribution in [3.05, 3.63) is 36.3 Å². The molecule has 10 nitrogen and oxygen atoms in total. The molecule has 0 fully saturated rings. The van der Waals surface area contributed by atoms with Gasteiger partial charge in [0, 0.05) is 25.6 Å². The van der Waals surface area contributed by atoms with Crippen molar-refractivity contribution in [1.29, 1.82) is 0 Å². The Labute approximate surface area is 188 Å². The molecule has 0 aliphatic rings. The van der Waals surface area contributed by atoms with Crippen molar-refractivity contribution in [2.45, 2.75) is 38.5 Å². The summed E-state index contributed by atoms with van der Waals surface area (Å²) in [6, 6.07) is 5.94. The average Bonchev–Trinajstić information content (AvgIpc) is 3.34. The minimum absolute atomic E-state index is 0.0289. The van der Waals surface area contributed by atoms with Crippen LogP contribution in [-0.4, -0.2) is 56.7 Å². The highest BCUT2D eigenvalue weighted by Crippen LogP contribution is 2.24. The first-order valence-electron chi connectivity index (χ1n) is 10.3. The zero-order chi connectivity index (χ0) is 22.9. The molecule has 0 radical (unpaired) electrons. The van der Waals surface area contributed by atoms with Crippen molar-refractivity contribution >= 4 is 39.0 Å². The van der Waals surface area contributed by atoms with Gasteiger partial charge >= 0.3 is 0 Å². The summed E-state index contributed by atoms with van der Waals surface area (Å²) in [5.74, 6) is 0.527. The predicted octanol–water partition coefficient (Wildman–Crippen LogP) is 2.48. The number of benzene rings is 1. The summed E-state index contributed by atoms with van der Waals surface area (Å²) >= 11 is -1.50. The molecule has 32 heavy (non-hydrogen) atoms. The molecule has 0 aliphatic carbocycles. The first kappa shape index (κ1) is 22.3. The second-order valence-electron chi connectivity index (χ2n) is 8.41. The van der Waals surface area contributed by atoms with Crippen LogP contribution in [0.4, 0.5) is 5.82 Å². The first-order chi connectivity index (χ1) is 15.3. The number of nitrogens with zero attached hydrogens (tertiary/aromatic N) is 6. The highest BCUT2D eigenvalue weighted by Gasteiger charge is 2.22. The number of aliphatic hydroxyl groups excluding tert-OH is 1. The number of aryl methyl sites for hydroxylation is 1. The standard InChI is InChI=1S/C21H27N7O3S/c1-21(2,3)32(30)31-13-17-19(22-8-5-9-29)25-16-12-24-28(20(16)26-17)15-6-7-18-14(10-15)11-23-27(18)4/h6-7,10-12,29H,5,8-9,13H2,1-4H3,(H,22,25). The van der Waals surface area contributed by atoms with Gasteiger partial charge in [-0.25, -0.2) is 18.9 Å². The Morgan fingerprint density at radius 3 is 2.75 bits per heavy atom. The number of hydrogen-bond donors (Lipinski definition) is 2. The van der Waals surface area contributed by atoms with Crippen LogP contribution >= 0.6 is 0 Å². The fourth-order valence-electron chi connectivity index (χ4n) is 3.17. The normalized spacial score (nSPS) is 13.2. The van der Waals surface area contributed by atoms with Crippen LogP contribution in [0, 0.1) is 0 Å². The number of aromatic nitrogens is 6. The summed E-state index contributed by atoms with van der Waals surface area (Å²) in [6.07, 6.45) is 4.03. The SMILES string of the molecule is Cn1ncc2cc(-n3ncc4nc(NCCCO)c(COS(=O)C(C)(C)C)nc43)ccc21. The quantitative estimate of drug-likeness (QED) is 0.387. The van der Waals surface area contributed by atoms with Gasteiger partial charge in [0.2, 0.25) is 0 Å². The summed E-state index contributed by atoms with van der Waals surface area (Å²) in [4.78, 5) is 9.43. The Kier molecular flexibility index (Phi) is 6.22. The molecule has 170 valence electrons. The van der Waals surface area contributed by atoms with Gasteiger partial charge in [-0.2, -0.15) is 10.2 Å². The Balaban J connectivity index is 1.73. The fourth-order valence-corrected chi connectivity index (χ4v) is 3.74. The Hall–Kier alpha value is -2.89. The molecule has 1 unspecified atom stereocenters. The van der Waals surface area contributed by atoms with E-state index in [1.54, 1.807) is 17.1 Å². The number of anilines is 1. The third-order valence-electron chi connectivity index (χ3n) is 4.88. The molecular formula is C21H27N7O3S. The average molecular weight is 458 g/mol. The molecule has 2 N–H and O–H groups in total. The molecule has 4 rings (SSSR count). The Morgan fingerprint density at radius 1 is 1.19 bits per heavy atom. The molecule has 0 saturated heterocycles. The van der Waals surface area contributed by atoms with E-state index in [2.05, 4.69) is 20.5 Å². The maximum Gasteiger partial charge on any atom is 0.182 e. The first-order valence-corrected chi connectivity index (χ1v) is 11.4. The predicted molar refractivity (Wildman–Crippen MR) is 124 cm³/mol. The van der Waals surface area contributed by atoms with Gasteiger partial charge in [0.15, 0.2) is 22.5 Å². The number of nitrogens with one attached hydrogen (secondary N) is 1. The third-order valence-corrected chi connectivity index (χ3v) is 6.21. The van der Waals surface area contributed by atoms with Crippen molar-refractivity contribution in [1.82, 2.24) is 29.5 Å². The van der Waals surface area contributed by atoms with Crippen LogP contribution in [0.1, 0.15) is 32.9 Å². The minimum atomic E-state index is -1.50. The molecule has 4 aromatic rings. The molecule has 3 heterocycles. The van der Waals surface area contributed by atoms with Gasteiger partial charge in [0.25, 0.3) is 0 Å². The van der Waals surface area contributed by atoms with Crippen LogP contribution in [0.2, 0.25) is 0 Å². The zero-order valence-electron chi connectivity index (χ0n) is 18.6. The monoisotopic (exact) mass is 457 g/mol. The zero-order valence-corrected chi connectivity index (χ0v) is 19.4. The third kappa shape index (κ3) is 4.50. The largest absolute Gasteiger partial charge is 0.396 e. The lowest BCUT2D eigenvalue weighted by Gasteiger charge is -2.17. The van der Waals surface area contributed by atoms with E-state index in [1.165, 1.54) is 0 Å². The van der Waals surface area contributed by atoms with E-state index >= 15 is 0 Å². The van der Waals surface area contributed by atoms with E-state index in [4.69, 9.17) is 14.3 Å². The van der Waals surface area contributed by atoms with E-state index in [0.717, 1.165) is 16.6 Å². The van der Waals surface area contributed by atoms with E-state index in [0.29, 0.717) is 35.6 Å². The molecule has 0 amide bonds. The highest BCUT2D eigenvalue weighted by atomic mass is 32.2. The van der Waals surface area contributed by atoms with Gasteiger partial charge in [-0.05, 0) is 45.4 Å². The van der Waals surface area contributed by atoms with Gasteiger partial charge in [0.05, 0.1) is 28.3 Å². The maximum atomic E-state index is 12.4. The van der Waals surface area contributed by atoms with Crippen molar-refractivity contribution in [3.63, 3.8) is 0 Å². The summed E-state index contributed by atoms with van der Waals surface area (Å²) in [6.45, 7) is 6.17. The summed E-state index contributed by atoms with van der Waals surface area (Å²) in [5, 5.41) is 22.1. The lowest BCUT2D eigenvalue weighted by atomic mass is 10.2. The van der Waals surface area contributed by atoms with Crippen molar-refractivity contribution in [3.8, 4) is 5.69 Å². The number of hydrogen-bond acceptors (Lipinski definition) is 8. The van der Waals surface area contributed by atoms with Gasteiger partial charge in [0.1, 0.15) is 17.8 Å². The van der Waals surface area contributed by atoms with Gasteiger partial charge in [-0.15, -0.1) is 0 Å². The lowest BCUT2D eigenvalue weighted by molar-refractivity contribution is 0.292. The van der Waals surface area contributed by atoms with Crippen LogP contribution in [0.25, 0.3) is 27.8 Å². The van der Waals surface area contributed by atoms with Crippen molar-refractivity contribution < 1.29 is 13.5 Å². The number of aliphatic hydroxyl groups is 1. The van der Waals surface area contributed by atoms with E-state index < -0.39 is 15.8 Å². The lowest BCUT2D eigenvalue weighted by Crippen LogP contribution is -2.24. The summed E-state index contributed by atoms with van der Waals surface area (Å²) < 4.78 is 21.0. The minimum Gasteiger partial charge on any atom is -0.396 e.